The maximum Gasteiger partial charge on any atom is 0.359 e. The molecule has 3 N–H and O–H groups in total. The van der Waals surface area contributed by atoms with Crippen molar-refractivity contribution in [3.05, 3.63) is 12.7 Å². The Hall–Kier alpha value is -2.22. The summed E-state index contributed by atoms with van der Waals surface area (Å²) in [6.07, 6.45) is 3.19. The number of aromatic nitrogens is 4. The van der Waals surface area contributed by atoms with Crippen LogP contribution in [0.1, 0.15) is 20.3 Å². The topological polar surface area (TPSA) is 116 Å². The molecular formula is C11H15N5O3. The van der Waals surface area contributed by atoms with Gasteiger partial charge in [0.2, 0.25) is 5.72 Å². The molecule has 2 aromatic heterocycles. The molecule has 2 aromatic rings. The zero-order valence-electron chi connectivity index (χ0n) is 10.7. The molecule has 0 saturated carbocycles. The number of aliphatic hydroxyl groups is 1. The van der Waals surface area contributed by atoms with Crippen LogP contribution < -0.4 is 5.73 Å². The predicted octanol–water partition coefficient (Wildman–Crippen LogP) is 0.0267. The van der Waals surface area contributed by atoms with Gasteiger partial charge in [0.05, 0.1) is 6.61 Å². The Bertz CT molecular complexity index is 607. The first-order chi connectivity index (χ1) is 8.98. The largest absolute Gasteiger partial charge is 0.462 e. The van der Waals surface area contributed by atoms with Crippen LogP contribution >= 0.6 is 0 Å². The molecule has 102 valence electrons. The maximum absolute atomic E-state index is 11.9. The monoisotopic (exact) mass is 265 g/mol. The molecule has 0 aliphatic carbocycles. The number of carbonyl (C=O) groups is 1. The van der Waals surface area contributed by atoms with E-state index in [4.69, 9.17) is 10.5 Å². The van der Waals surface area contributed by atoms with E-state index in [0.29, 0.717) is 11.9 Å². The lowest BCUT2D eigenvalue weighted by molar-refractivity contribution is -0.174. The number of esters is 1. The number of rotatable bonds is 4. The molecule has 0 radical (unpaired) electrons. The molecule has 0 amide bonds. The van der Waals surface area contributed by atoms with Crippen LogP contribution in [0.4, 0.5) is 5.82 Å². The summed E-state index contributed by atoms with van der Waals surface area (Å²) in [4.78, 5) is 23.6. The Morgan fingerprint density at radius 1 is 1.53 bits per heavy atom. The second-order valence-electron chi connectivity index (χ2n) is 4.20. The molecule has 1 unspecified atom stereocenters. The molecule has 19 heavy (non-hydrogen) atoms. The number of imidazole rings is 1. The molecule has 1 atom stereocenters. The molecule has 0 fully saturated rings. The Labute approximate surface area is 109 Å². The number of fused-ring (bicyclic) bond motifs is 1. The van der Waals surface area contributed by atoms with Crippen molar-refractivity contribution < 1.29 is 14.6 Å². The third kappa shape index (κ3) is 2.22. The van der Waals surface area contributed by atoms with Gasteiger partial charge in [-0.3, -0.25) is 4.57 Å². The molecule has 0 aliphatic rings. The number of nitrogens with zero attached hydrogens (tertiary/aromatic N) is 4. The van der Waals surface area contributed by atoms with Gasteiger partial charge in [-0.1, -0.05) is 6.92 Å². The van der Waals surface area contributed by atoms with Gasteiger partial charge in [-0.2, -0.15) is 0 Å². The number of nitrogen functional groups attached to an aromatic ring is 1. The summed E-state index contributed by atoms with van der Waals surface area (Å²) in [5.41, 5.74) is 4.34. The number of ether oxygens (including phenoxy) is 1. The number of hydrogen-bond acceptors (Lipinski definition) is 7. The zero-order valence-corrected chi connectivity index (χ0v) is 10.7. The van der Waals surface area contributed by atoms with Gasteiger partial charge in [0, 0.05) is 0 Å². The van der Waals surface area contributed by atoms with E-state index in [2.05, 4.69) is 15.0 Å². The fraction of sp³-hybridized carbons (Fsp3) is 0.455. The average molecular weight is 265 g/mol. The highest BCUT2D eigenvalue weighted by Crippen LogP contribution is 2.22. The van der Waals surface area contributed by atoms with E-state index in [1.54, 1.807) is 0 Å². The summed E-state index contributed by atoms with van der Waals surface area (Å²) in [5.74, 6) is -0.590. The lowest BCUT2D eigenvalue weighted by Crippen LogP contribution is -2.40. The van der Waals surface area contributed by atoms with E-state index >= 15 is 0 Å². The molecule has 0 aromatic carbocycles. The van der Waals surface area contributed by atoms with E-state index < -0.39 is 11.7 Å². The second-order valence-corrected chi connectivity index (χ2v) is 4.20. The van der Waals surface area contributed by atoms with Crippen molar-refractivity contribution >= 4 is 23.0 Å². The van der Waals surface area contributed by atoms with Crippen molar-refractivity contribution in [3.8, 4) is 0 Å². The van der Waals surface area contributed by atoms with E-state index in [1.807, 2.05) is 6.92 Å². The Kier molecular flexibility index (Phi) is 3.34. The van der Waals surface area contributed by atoms with Gasteiger partial charge in [0.25, 0.3) is 0 Å². The number of hydrogen-bond donors (Lipinski definition) is 2. The number of anilines is 1. The van der Waals surface area contributed by atoms with Crippen LogP contribution in [0.3, 0.4) is 0 Å². The van der Waals surface area contributed by atoms with E-state index in [9.17, 15) is 9.90 Å². The van der Waals surface area contributed by atoms with Gasteiger partial charge in [-0.25, -0.2) is 19.7 Å². The number of carbonyl (C=O) groups excluding carboxylic acids is 1. The first kappa shape index (κ1) is 13.2. The summed E-state index contributed by atoms with van der Waals surface area (Å²) in [7, 11) is 0. The Morgan fingerprint density at radius 2 is 2.26 bits per heavy atom. The third-order valence-corrected chi connectivity index (χ3v) is 2.65. The molecule has 0 spiro atoms. The van der Waals surface area contributed by atoms with Gasteiger partial charge in [-0.05, 0) is 13.3 Å². The van der Waals surface area contributed by atoms with Gasteiger partial charge in [0.15, 0.2) is 11.5 Å². The minimum atomic E-state index is -1.90. The molecule has 2 heterocycles. The highest BCUT2D eigenvalue weighted by atomic mass is 16.6. The van der Waals surface area contributed by atoms with Crippen LogP contribution in [0, 0.1) is 0 Å². The van der Waals surface area contributed by atoms with E-state index in [-0.39, 0.29) is 18.1 Å². The number of nitrogens with two attached hydrogens (primary N) is 1. The van der Waals surface area contributed by atoms with Crippen molar-refractivity contribution in [1.82, 2.24) is 19.5 Å². The molecule has 0 aliphatic heterocycles. The fourth-order valence-corrected chi connectivity index (χ4v) is 1.60. The summed E-state index contributed by atoms with van der Waals surface area (Å²) < 4.78 is 6.15. The first-order valence-corrected chi connectivity index (χ1v) is 5.82. The molecule has 8 nitrogen and oxygen atoms in total. The predicted molar refractivity (Wildman–Crippen MR) is 66.9 cm³/mol. The molecule has 8 heteroatoms. The quantitative estimate of drug-likeness (QED) is 0.749. The highest BCUT2D eigenvalue weighted by Gasteiger charge is 2.36. The third-order valence-electron chi connectivity index (χ3n) is 2.65. The van der Waals surface area contributed by atoms with Gasteiger partial charge >= 0.3 is 5.97 Å². The van der Waals surface area contributed by atoms with Crippen LogP contribution in [-0.2, 0) is 15.3 Å². The van der Waals surface area contributed by atoms with Gasteiger partial charge in [0.1, 0.15) is 18.2 Å². The smallest absolute Gasteiger partial charge is 0.359 e. The molecule has 0 bridgehead atoms. The van der Waals surface area contributed by atoms with Crippen molar-refractivity contribution in [2.45, 2.75) is 26.0 Å². The Balaban J connectivity index is 2.43. The van der Waals surface area contributed by atoms with Gasteiger partial charge < -0.3 is 15.6 Å². The first-order valence-electron chi connectivity index (χ1n) is 5.82. The molecule has 0 saturated heterocycles. The lowest BCUT2D eigenvalue weighted by atomic mass is 10.2. The maximum atomic E-state index is 11.9. The van der Waals surface area contributed by atoms with Crippen LogP contribution in [-0.4, -0.2) is 37.2 Å². The molecule has 2 rings (SSSR count). The summed E-state index contributed by atoms with van der Waals surface area (Å²) in [5, 5.41) is 10.3. The van der Waals surface area contributed by atoms with Crippen LogP contribution in [0.25, 0.3) is 11.2 Å². The normalized spacial score (nSPS) is 14.3. The SMILES string of the molecule is CCCOC(=O)C(C)(O)n1cnc2c(N)ncnc21. The Morgan fingerprint density at radius 3 is 2.95 bits per heavy atom. The summed E-state index contributed by atoms with van der Waals surface area (Å²) in [6, 6.07) is 0. The highest BCUT2D eigenvalue weighted by molar-refractivity contribution is 5.84. The van der Waals surface area contributed by atoms with E-state index in [0.717, 1.165) is 0 Å². The second kappa shape index (κ2) is 4.81. The lowest BCUT2D eigenvalue weighted by Gasteiger charge is -2.22. The summed E-state index contributed by atoms with van der Waals surface area (Å²) >= 11 is 0. The average Bonchev–Trinajstić information content (AvgIpc) is 2.81. The standard InChI is InChI=1S/C11H15N5O3/c1-3-4-19-10(17)11(2,18)16-6-15-7-8(12)13-5-14-9(7)16/h5-6,18H,3-4H2,1-2H3,(H2,12,13,14). The van der Waals surface area contributed by atoms with Crippen molar-refractivity contribution in [2.24, 2.45) is 0 Å². The van der Waals surface area contributed by atoms with Crippen LogP contribution in [0.2, 0.25) is 0 Å². The van der Waals surface area contributed by atoms with Crippen molar-refractivity contribution in [1.29, 1.82) is 0 Å². The minimum absolute atomic E-state index is 0.182. The minimum Gasteiger partial charge on any atom is -0.462 e. The molecular weight excluding hydrogens is 250 g/mol. The summed E-state index contributed by atoms with van der Waals surface area (Å²) in [6.45, 7) is 3.41. The van der Waals surface area contributed by atoms with Crippen molar-refractivity contribution in [3.63, 3.8) is 0 Å². The van der Waals surface area contributed by atoms with Crippen LogP contribution in [0.5, 0.6) is 0 Å². The zero-order chi connectivity index (χ0) is 14.0. The fourth-order valence-electron chi connectivity index (χ4n) is 1.60. The van der Waals surface area contributed by atoms with Crippen molar-refractivity contribution in [2.75, 3.05) is 12.3 Å². The van der Waals surface area contributed by atoms with Crippen LogP contribution in [0.15, 0.2) is 12.7 Å². The van der Waals surface area contributed by atoms with E-state index in [1.165, 1.54) is 24.1 Å². The van der Waals surface area contributed by atoms with Gasteiger partial charge in [-0.15, -0.1) is 0 Å².